The molecule has 0 spiro atoms. The molecular formula is C14H16N4O2. The predicted octanol–water partition coefficient (Wildman–Crippen LogP) is 2.06. The van der Waals surface area contributed by atoms with Crippen molar-refractivity contribution < 1.29 is 9.90 Å². The van der Waals surface area contributed by atoms with Gasteiger partial charge in [-0.05, 0) is 26.3 Å². The molecule has 20 heavy (non-hydrogen) atoms. The van der Waals surface area contributed by atoms with Crippen molar-refractivity contribution >= 4 is 17.2 Å². The average molecular weight is 272 g/mol. The molecule has 0 aliphatic rings. The third kappa shape index (κ3) is 1.97. The van der Waals surface area contributed by atoms with E-state index in [4.69, 9.17) is 0 Å². The van der Waals surface area contributed by atoms with Crippen LogP contribution in [0, 0.1) is 18.3 Å². The van der Waals surface area contributed by atoms with Gasteiger partial charge in [0.25, 0.3) is 0 Å². The number of aromatic carboxylic acids is 1. The highest BCUT2D eigenvalue weighted by molar-refractivity contribution is 5.95. The summed E-state index contributed by atoms with van der Waals surface area (Å²) < 4.78 is 1.54. The Labute approximate surface area is 116 Å². The van der Waals surface area contributed by atoms with E-state index in [1.165, 1.54) is 16.9 Å². The van der Waals surface area contributed by atoms with Crippen LogP contribution in [-0.2, 0) is 0 Å². The summed E-state index contributed by atoms with van der Waals surface area (Å²) in [6, 6.07) is 2.14. The normalized spacial score (nSPS) is 10.5. The van der Waals surface area contributed by atoms with Gasteiger partial charge in [0, 0.05) is 19.3 Å². The number of anilines is 1. The summed E-state index contributed by atoms with van der Waals surface area (Å²) in [6.45, 7) is 7.21. The zero-order valence-corrected chi connectivity index (χ0v) is 11.7. The first kappa shape index (κ1) is 13.9. The maximum absolute atomic E-state index is 11.2. The second-order valence-electron chi connectivity index (χ2n) is 4.46. The smallest absolute Gasteiger partial charge is 0.337 e. The molecule has 6 nitrogen and oxygen atoms in total. The van der Waals surface area contributed by atoms with Crippen molar-refractivity contribution in [1.82, 2.24) is 9.61 Å². The Bertz CT molecular complexity index is 708. The van der Waals surface area contributed by atoms with E-state index >= 15 is 0 Å². The van der Waals surface area contributed by atoms with Crippen molar-refractivity contribution in [3.63, 3.8) is 0 Å². The summed E-state index contributed by atoms with van der Waals surface area (Å²) in [4.78, 5) is 13.3. The van der Waals surface area contributed by atoms with E-state index in [0.29, 0.717) is 16.6 Å². The Balaban J connectivity index is 2.87. The molecule has 0 radical (unpaired) electrons. The molecule has 0 fully saturated rings. The Kier molecular flexibility index (Phi) is 3.61. The molecule has 2 aromatic rings. The molecule has 6 heteroatoms. The number of rotatable bonds is 4. The molecule has 0 atom stereocenters. The number of nitrogens with zero attached hydrogens (tertiary/aromatic N) is 4. The molecule has 0 bridgehead atoms. The van der Waals surface area contributed by atoms with E-state index in [9.17, 15) is 15.2 Å². The lowest BCUT2D eigenvalue weighted by Gasteiger charge is -2.23. The number of hydrogen-bond acceptors (Lipinski definition) is 4. The summed E-state index contributed by atoms with van der Waals surface area (Å²) >= 11 is 0. The Morgan fingerprint density at radius 2 is 2.15 bits per heavy atom. The standard InChI is InChI=1S/C14H16N4O2/c1-4-17(5-2)13-10(6-15)7-16-18-8-11(14(19)20)9(3)12(13)18/h7-8H,4-5H2,1-3H3,(H,19,20). The highest BCUT2D eigenvalue weighted by atomic mass is 16.4. The summed E-state index contributed by atoms with van der Waals surface area (Å²) in [5.74, 6) is -0.989. The van der Waals surface area contributed by atoms with Crippen LogP contribution >= 0.6 is 0 Å². The van der Waals surface area contributed by atoms with Gasteiger partial charge >= 0.3 is 5.97 Å². The molecule has 0 saturated heterocycles. The molecule has 2 heterocycles. The zero-order valence-electron chi connectivity index (χ0n) is 11.7. The topological polar surface area (TPSA) is 81.6 Å². The molecule has 0 aliphatic carbocycles. The lowest BCUT2D eigenvalue weighted by molar-refractivity contribution is 0.0696. The fraction of sp³-hybridized carbons (Fsp3) is 0.357. The van der Waals surface area contributed by atoms with Crippen LogP contribution < -0.4 is 4.90 Å². The van der Waals surface area contributed by atoms with Gasteiger partial charge in [0.2, 0.25) is 0 Å². The fourth-order valence-electron chi connectivity index (χ4n) is 2.43. The summed E-state index contributed by atoms with van der Waals surface area (Å²) in [7, 11) is 0. The monoisotopic (exact) mass is 272 g/mol. The van der Waals surface area contributed by atoms with Gasteiger partial charge in [0.05, 0.1) is 28.5 Å². The first-order valence-electron chi connectivity index (χ1n) is 6.44. The van der Waals surface area contributed by atoms with Crippen LogP contribution in [0.15, 0.2) is 12.4 Å². The van der Waals surface area contributed by atoms with E-state index in [1.54, 1.807) is 6.92 Å². The van der Waals surface area contributed by atoms with Crippen LogP contribution in [0.4, 0.5) is 5.69 Å². The number of carboxylic acid groups (broad SMARTS) is 1. The van der Waals surface area contributed by atoms with Gasteiger partial charge in [-0.3, -0.25) is 0 Å². The van der Waals surface area contributed by atoms with Crippen LogP contribution in [-0.4, -0.2) is 33.8 Å². The first-order valence-corrected chi connectivity index (χ1v) is 6.44. The molecule has 0 aliphatic heterocycles. The molecule has 0 unspecified atom stereocenters. The van der Waals surface area contributed by atoms with Crippen molar-refractivity contribution in [3.05, 3.63) is 29.1 Å². The molecule has 0 aromatic carbocycles. The lowest BCUT2D eigenvalue weighted by Crippen LogP contribution is -2.24. The van der Waals surface area contributed by atoms with E-state index in [2.05, 4.69) is 11.2 Å². The predicted molar refractivity (Wildman–Crippen MR) is 75.2 cm³/mol. The average Bonchev–Trinajstić information content (AvgIpc) is 2.78. The number of nitriles is 1. The Hall–Kier alpha value is -2.55. The third-order valence-corrected chi connectivity index (χ3v) is 3.46. The molecule has 0 saturated carbocycles. The SMILES string of the molecule is CCN(CC)c1c(C#N)cnn2cc(C(=O)O)c(C)c12. The van der Waals surface area contributed by atoms with Gasteiger partial charge in [0.1, 0.15) is 6.07 Å². The highest BCUT2D eigenvalue weighted by Gasteiger charge is 2.21. The van der Waals surface area contributed by atoms with Crippen LogP contribution in [0.3, 0.4) is 0 Å². The van der Waals surface area contributed by atoms with Crippen molar-refractivity contribution in [3.8, 4) is 6.07 Å². The van der Waals surface area contributed by atoms with Crippen LogP contribution in [0.25, 0.3) is 5.52 Å². The Morgan fingerprint density at radius 1 is 1.50 bits per heavy atom. The van der Waals surface area contributed by atoms with Gasteiger partial charge in [-0.25, -0.2) is 9.31 Å². The largest absolute Gasteiger partial charge is 0.478 e. The lowest BCUT2D eigenvalue weighted by atomic mass is 10.1. The van der Waals surface area contributed by atoms with Crippen molar-refractivity contribution in [2.24, 2.45) is 0 Å². The molecule has 2 aromatic heterocycles. The van der Waals surface area contributed by atoms with E-state index in [-0.39, 0.29) is 5.56 Å². The molecular weight excluding hydrogens is 256 g/mol. The van der Waals surface area contributed by atoms with Crippen molar-refractivity contribution in [2.75, 3.05) is 18.0 Å². The van der Waals surface area contributed by atoms with Crippen molar-refractivity contribution in [1.29, 1.82) is 5.26 Å². The minimum absolute atomic E-state index is 0.209. The summed E-state index contributed by atoms with van der Waals surface area (Å²) in [5.41, 5.74) is 2.73. The Morgan fingerprint density at radius 3 is 2.65 bits per heavy atom. The quantitative estimate of drug-likeness (QED) is 0.921. The van der Waals surface area contributed by atoms with E-state index in [0.717, 1.165) is 18.8 Å². The van der Waals surface area contributed by atoms with Gasteiger partial charge in [-0.1, -0.05) is 0 Å². The van der Waals surface area contributed by atoms with Crippen LogP contribution in [0.1, 0.15) is 35.3 Å². The summed E-state index contributed by atoms with van der Waals surface area (Å²) in [6.07, 6.45) is 2.97. The molecule has 2 rings (SSSR count). The van der Waals surface area contributed by atoms with Crippen LogP contribution in [0.5, 0.6) is 0 Å². The fourth-order valence-corrected chi connectivity index (χ4v) is 2.43. The maximum Gasteiger partial charge on any atom is 0.337 e. The molecule has 0 amide bonds. The number of aromatic nitrogens is 2. The minimum Gasteiger partial charge on any atom is -0.478 e. The van der Waals surface area contributed by atoms with Gasteiger partial charge in [-0.2, -0.15) is 10.4 Å². The number of fused-ring (bicyclic) bond motifs is 1. The van der Waals surface area contributed by atoms with E-state index in [1.807, 2.05) is 18.7 Å². The van der Waals surface area contributed by atoms with Gasteiger partial charge in [0.15, 0.2) is 0 Å². The van der Waals surface area contributed by atoms with Gasteiger partial charge < -0.3 is 10.0 Å². The number of carboxylic acids is 1. The van der Waals surface area contributed by atoms with Gasteiger partial charge in [-0.15, -0.1) is 0 Å². The van der Waals surface area contributed by atoms with Crippen molar-refractivity contribution in [2.45, 2.75) is 20.8 Å². The number of aryl methyl sites for hydroxylation is 1. The maximum atomic E-state index is 11.2. The zero-order chi connectivity index (χ0) is 14.9. The van der Waals surface area contributed by atoms with Crippen LogP contribution in [0.2, 0.25) is 0 Å². The second kappa shape index (κ2) is 5.21. The highest BCUT2D eigenvalue weighted by Crippen LogP contribution is 2.30. The third-order valence-electron chi connectivity index (χ3n) is 3.46. The number of carbonyl (C=O) groups is 1. The van der Waals surface area contributed by atoms with E-state index < -0.39 is 5.97 Å². The summed E-state index contributed by atoms with van der Waals surface area (Å²) in [5, 5.41) is 22.6. The molecule has 1 N–H and O–H groups in total. The number of hydrogen-bond donors (Lipinski definition) is 1. The first-order chi connectivity index (χ1) is 9.54. The minimum atomic E-state index is -0.989. The molecule has 104 valence electrons. The second-order valence-corrected chi connectivity index (χ2v) is 4.46.